The minimum Gasteiger partial charge on any atom is -0.441 e. The number of pyridine rings is 1. The van der Waals surface area contributed by atoms with Gasteiger partial charge in [0.15, 0.2) is 17.1 Å². The second-order valence-electron chi connectivity index (χ2n) is 6.80. The molecule has 0 amide bonds. The van der Waals surface area contributed by atoms with Gasteiger partial charge in [-0.05, 0) is 37.3 Å². The number of anilines is 1. The van der Waals surface area contributed by atoms with Crippen molar-refractivity contribution in [3.63, 3.8) is 0 Å². The maximum Gasteiger partial charge on any atom is 0.192 e. The molecule has 0 bridgehead atoms. The number of nitrogens with zero attached hydrogens (tertiary/aromatic N) is 5. The predicted octanol–water partition coefficient (Wildman–Crippen LogP) is 3.37. The lowest BCUT2D eigenvalue weighted by atomic mass is 10.1. The SMILES string of the molecule is Cc1nc2cc(-c3ccc4ncc(N5CCOC[C@H]5C)nc4n3)ccc2o1. The average Bonchev–Trinajstić information content (AvgIpc) is 3.06. The first-order valence-corrected chi connectivity index (χ1v) is 9.03. The highest BCUT2D eigenvalue weighted by Gasteiger charge is 2.21. The normalized spacial score (nSPS) is 17.7. The highest BCUT2D eigenvalue weighted by atomic mass is 16.5. The van der Waals surface area contributed by atoms with E-state index in [1.807, 2.05) is 43.5 Å². The zero-order valence-electron chi connectivity index (χ0n) is 15.2. The lowest BCUT2D eigenvalue weighted by molar-refractivity contribution is 0.0985. The van der Waals surface area contributed by atoms with Crippen LogP contribution in [0.15, 0.2) is 40.9 Å². The van der Waals surface area contributed by atoms with E-state index in [9.17, 15) is 0 Å². The van der Waals surface area contributed by atoms with E-state index in [2.05, 4.69) is 21.8 Å². The monoisotopic (exact) mass is 361 g/mol. The maximum atomic E-state index is 5.55. The fraction of sp³-hybridized carbons (Fsp3) is 0.300. The number of aryl methyl sites for hydroxylation is 1. The van der Waals surface area contributed by atoms with Crippen LogP contribution in [0.5, 0.6) is 0 Å². The van der Waals surface area contributed by atoms with Gasteiger partial charge in [-0.25, -0.2) is 19.9 Å². The van der Waals surface area contributed by atoms with Crippen molar-refractivity contribution >= 4 is 28.1 Å². The number of benzene rings is 1. The van der Waals surface area contributed by atoms with E-state index in [1.54, 1.807) is 0 Å². The van der Waals surface area contributed by atoms with Crippen molar-refractivity contribution in [1.82, 2.24) is 19.9 Å². The summed E-state index contributed by atoms with van der Waals surface area (Å²) in [6, 6.07) is 10.1. The molecule has 7 nitrogen and oxygen atoms in total. The van der Waals surface area contributed by atoms with Crippen molar-refractivity contribution in [2.75, 3.05) is 24.7 Å². The lowest BCUT2D eigenvalue weighted by Gasteiger charge is -2.33. The Balaban J connectivity index is 1.56. The van der Waals surface area contributed by atoms with Gasteiger partial charge in [0, 0.05) is 19.0 Å². The van der Waals surface area contributed by atoms with E-state index in [1.165, 1.54) is 0 Å². The van der Waals surface area contributed by atoms with Crippen LogP contribution in [0.25, 0.3) is 33.5 Å². The molecule has 136 valence electrons. The second-order valence-corrected chi connectivity index (χ2v) is 6.80. The van der Waals surface area contributed by atoms with Crippen LogP contribution in [0.4, 0.5) is 5.82 Å². The molecule has 0 unspecified atom stereocenters. The molecule has 0 spiro atoms. The van der Waals surface area contributed by atoms with Crippen molar-refractivity contribution < 1.29 is 9.15 Å². The first kappa shape index (κ1) is 16.1. The van der Waals surface area contributed by atoms with Gasteiger partial charge in [-0.2, -0.15) is 0 Å². The number of fused-ring (bicyclic) bond motifs is 2. The molecule has 5 rings (SSSR count). The van der Waals surface area contributed by atoms with E-state index >= 15 is 0 Å². The minimum absolute atomic E-state index is 0.270. The van der Waals surface area contributed by atoms with Gasteiger partial charge in [0.1, 0.15) is 16.9 Å². The molecule has 1 aliphatic rings. The summed E-state index contributed by atoms with van der Waals surface area (Å²) >= 11 is 0. The zero-order chi connectivity index (χ0) is 18.4. The molecule has 1 saturated heterocycles. The Morgan fingerprint density at radius 3 is 2.89 bits per heavy atom. The third-order valence-corrected chi connectivity index (χ3v) is 4.85. The fourth-order valence-corrected chi connectivity index (χ4v) is 3.46. The van der Waals surface area contributed by atoms with E-state index in [4.69, 9.17) is 19.1 Å². The molecule has 1 aromatic carbocycles. The molecule has 7 heteroatoms. The Morgan fingerprint density at radius 1 is 1.07 bits per heavy atom. The van der Waals surface area contributed by atoms with Crippen molar-refractivity contribution in [2.24, 2.45) is 0 Å². The molecule has 0 radical (unpaired) electrons. The number of morpholine rings is 1. The van der Waals surface area contributed by atoms with Gasteiger partial charge in [-0.15, -0.1) is 0 Å². The van der Waals surface area contributed by atoms with Crippen LogP contribution in [-0.2, 0) is 4.74 Å². The van der Waals surface area contributed by atoms with Crippen molar-refractivity contribution in [1.29, 1.82) is 0 Å². The fourth-order valence-electron chi connectivity index (χ4n) is 3.46. The maximum absolute atomic E-state index is 5.55. The van der Waals surface area contributed by atoms with Crippen molar-refractivity contribution in [3.05, 3.63) is 42.4 Å². The van der Waals surface area contributed by atoms with Crippen LogP contribution in [-0.4, -0.2) is 45.7 Å². The van der Waals surface area contributed by atoms with Crippen LogP contribution in [0.3, 0.4) is 0 Å². The standard InChI is InChI=1S/C20H19N5O2/c1-12-11-26-8-7-25(12)19-10-21-16-5-4-15(23-20(16)24-19)14-3-6-18-17(9-14)22-13(2)27-18/h3-6,9-10,12H,7-8,11H2,1-2H3/t12-/m1/s1. The summed E-state index contributed by atoms with van der Waals surface area (Å²) in [6.45, 7) is 6.18. The van der Waals surface area contributed by atoms with E-state index in [0.29, 0.717) is 24.8 Å². The molecule has 1 atom stereocenters. The van der Waals surface area contributed by atoms with E-state index in [-0.39, 0.29) is 6.04 Å². The topological polar surface area (TPSA) is 77.2 Å². The van der Waals surface area contributed by atoms with E-state index in [0.717, 1.165) is 40.2 Å². The summed E-state index contributed by atoms with van der Waals surface area (Å²) in [5.41, 5.74) is 4.84. The molecule has 0 N–H and O–H groups in total. The Labute approximate surface area is 156 Å². The van der Waals surface area contributed by atoms with Gasteiger partial charge < -0.3 is 14.1 Å². The third kappa shape index (κ3) is 2.90. The largest absolute Gasteiger partial charge is 0.441 e. The average molecular weight is 361 g/mol. The van der Waals surface area contributed by atoms with Crippen LogP contribution in [0.2, 0.25) is 0 Å². The number of rotatable bonds is 2. The molecule has 0 saturated carbocycles. The summed E-state index contributed by atoms with van der Waals surface area (Å²) in [5, 5.41) is 0. The zero-order valence-corrected chi connectivity index (χ0v) is 15.2. The second kappa shape index (κ2) is 6.28. The molecule has 3 aromatic heterocycles. The predicted molar refractivity (Wildman–Crippen MR) is 103 cm³/mol. The molecular formula is C20H19N5O2. The quantitative estimate of drug-likeness (QED) is 0.542. The van der Waals surface area contributed by atoms with Gasteiger partial charge in [-0.3, -0.25) is 0 Å². The Bertz CT molecular complexity index is 1140. The smallest absolute Gasteiger partial charge is 0.192 e. The number of ether oxygens (including phenoxy) is 1. The summed E-state index contributed by atoms with van der Waals surface area (Å²) in [7, 11) is 0. The first-order valence-electron chi connectivity index (χ1n) is 9.03. The van der Waals surface area contributed by atoms with E-state index < -0.39 is 0 Å². The Kier molecular flexibility index (Phi) is 3.75. The number of hydrogen-bond donors (Lipinski definition) is 0. The minimum atomic E-state index is 0.270. The highest BCUT2D eigenvalue weighted by molar-refractivity contribution is 5.81. The van der Waals surface area contributed by atoms with Crippen LogP contribution in [0.1, 0.15) is 12.8 Å². The molecule has 4 aromatic rings. The number of hydrogen-bond acceptors (Lipinski definition) is 7. The van der Waals surface area contributed by atoms with Gasteiger partial charge in [0.05, 0.1) is 31.1 Å². The Hall–Kier alpha value is -3.06. The van der Waals surface area contributed by atoms with Crippen molar-refractivity contribution in [3.8, 4) is 11.3 Å². The summed E-state index contributed by atoms with van der Waals surface area (Å²) in [4.78, 5) is 20.7. The van der Waals surface area contributed by atoms with Gasteiger partial charge in [0.25, 0.3) is 0 Å². The van der Waals surface area contributed by atoms with Gasteiger partial charge in [-0.1, -0.05) is 0 Å². The molecule has 1 aliphatic heterocycles. The third-order valence-electron chi connectivity index (χ3n) is 4.85. The number of oxazole rings is 1. The summed E-state index contributed by atoms with van der Waals surface area (Å²) in [6.07, 6.45) is 1.82. The molecule has 0 aliphatic carbocycles. The summed E-state index contributed by atoms with van der Waals surface area (Å²) in [5.74, 6) is 1.49. The highest BCUT2D eigenvalue weighted by Crippen LogP contribution is 2.25. The number of aromatic nitrogens is 4. The molecule has 1 fully saturated rings. The molecular weight excluding hydrogens is 342 g/mol. The first-order chi connectivity index (χ1) is 13.2. The van der Waals surface area contributed by atoms with Gasteiger partial charge >= 0.3 is 0 Å². The molecule has 4 heterocycles. The molecule has 27 heavy (non-hydrogen) atoms. The van der Waals surface area contributed by atoms with Crippen LogP contribution >= 0.6 is 0 Å². The van der Waals surface area contributed by atoms with Crippen molar-refractivity contribution in [2.45, 2.75) is 19.9 Å². The van der Waals surface area contributed by atoms with Crippen LogP contribution < -0.4 is 4.90 Å². The van der Waals surface area contributed by atoms with Crippen LogP contribution in [0, 0.1) is 6.92 Å². The lowest BCUT2D eigenvalue weighted by Crippen LogP contribution is -2.44. The summed E-state index contributed by atoms with van der Waals surface area (Å²) < 4.78 is 11.1. The Morgan fingerprint density at radius 2 is 2.00 bits per heavy atom. The van der Waals surface area contributed by atoms with Gasteiger partial charge in [0.2, 0.25) is 0 Å².